The molecule has 7 heteroatoms. The van der Waals surface area contributed by atoms with Crippen LogP contribution in [0.4, 0.5) is 5.69 Å². The number of hydrogen-bond acceptors (Lipinski definition) is 5. The number of carbonyl (C=O) groups excluding carboxylic acids is 2. The summed E-state index contributed by atoms with van der Waals surface area (Å²) in [6.07, 6.45) is 1.45. The Morgan fingerprint density at radius 3 is 2.57 bits per heavy atom. The lowest BCUT2D eigenvalue weighted by Gasteiger charge is -2.23. The van der Waals surface area contributed by atoms with E-state index >= 15 is 0 Å². The van der Waals surface area contributed by atoms with Crippen molar-refractivity contribution in [2.75, 3.05) is 12.0 Å². The van der Waals surface area contributed by atoms with Crippen molar-refractivity contribution < 1.29 is 23.8 Å². The standard InChI is InChI=1S/C23H18ClNO5/c1-13-11-14(8-9-17(13)29-2)21(26)19-20(18-7-4-10-30-18)25(23(28)22(19)27)16-6-3-5-15(24)12-16/h3-12,20,26H,1-2H3/b21-19-. The van der Waals surface area contributed by atoms with E-state index in [1.54, 1.807) is 61.7 Å². The summed E-state index contributed by atoms with van der Waals surface area (Å²) in [5, 5.41) is 11.5. The number of ether oxygens (including phenoxy) is 1. The second kappa shape index (κ2) is 7.72. The zero-order chi connectivity index (χ0) is 21.4. The number of nitrogens with zero attached hydrogens (tertiary/aromatic N) is 1. The number of benzene rings is 2. The molecule has 4 rings (SSSR count). The zero-order valence-electron chi connectivity index (χ0n) is 16.3. The second-order valence-electron chi connectivity index (χ2n) is 6.85. The zero-order valence-corrected chi connectivity index (χ0v) is 17.0. The average molecular weight is 424 g/mol. The van der Waals surface area contributed by atoms with Crippen LogP contribution >= 0.6 is 11.6 Å². The fourth-order valence-electron chi connectivity index (χ4n) is 3.62. The van der Waals surface area contributed by atoms with Crippen molar-refractivity contribution in [2.45, 2.75) is 13.0 Å². The van der Waals surface area contributed by atoms with Gasteiger partial charge in [0.25, 0.3) is 11.7 Å². The van der Waals surface area contributed by atoms with Gasteiger partial charge in [-0.15, -0.1) is 0 Å². The Morgan fingerprint density at radius 1 is 1.13 bits per heavy atom. The van der Waals surface area contributed by atoms with E-state index in [2.05, 4.69) is 0 Å². The smallest absolute Gasteiger partial charge is 0.300 e. The number of aliphatic hydroxyl groups is 1. The molecule has 2 heterocycles. The number of aliphatic hydroxyl groups excluding tert-OH is 1. The first kappa shape index (κ1) is 19.8. The van der Waals surface area contributed by atoms with E-state index in [0.717, 1.165) is 5.56 Å². The van der Waals surface area contributed by atoms with Crippen LogP contribution in [0.15, 0.2) is 70.9 Å². The Kier molecular flexibility index (Phi) is 5.10. The molecule has 1 fully saturated rings. The molecule has 1 unspecified atom stereocenters. The van der Waals surface area contributed by atoms with Gasteiger partial charge in [-0.2, -0.15) is 0 Å². The van der Waals surface area contributed by atoms with Crippen molar-refractivity contribution >= 4 is 34.7 Å². The summed E-state index contributed by atoms with van der Waals surface area (Å²) < 4.78 is 10.8. The molecule has 1 saturated heterocycles. The fourth-order valence-corrected chi connectivity index (χ4v) is 3.81. The second-order valence-corrected chi connectivity index (χ2v) is 7.29. The predicted octanol–water partition coefficient (Wildman–Crippen LogP) is 4.88. The lowest BCUT2D eigenvalue weighted by Crippen LogP contribution is -2.29. The number of methoxy groups -OCH3 is 1. The summed E-state index contributed by atoms with van der Waals surface area (Å²) >= 11 is 6.10. The molecule has 0 bridgehead atoms. The highest BCUT2D eigenvalue weighted by Crippen LogP contribution is 2.42. The Bertz CT molecular complexity index is 1170. The maximum absolute atomic E-state index is 13.0. The summed E-state index contributed by atoms with van der Waals surface area (Å²) in [4.78, 5) is 27.2. The Labute approximate surface area is 177 Å². The molecule has 1 aromatic heterocycles. The van der Waals surface area contributed by atoms with Crippen molar-refractivity contribution in [3.63, 3.8) is 0 Å². The normalized spacial score (nSPS) is 18.1. The molecule has 1 N–H and O–H groups in total. The van der Waals surface area contributed by atoms with E-state index in [1.165, 1.54) is 11.2 Å². The van der Waals surface area contributed by atoms with E-state index in [1.807, 2.05) is 6.92 Å². The van der Waals surface area contributed by atoms with Crippen LogP contribution in [0, 0.1) is 6.92 Å². The molecule has 0 saturated carbocycles. The summed E-state index contributed by atoms with van der Waals surface area (Å²) in [6, 6.07) is 14.0. The van der Waals surface area contributed by atoms with Crippen molar-refractivity contribution in [2.24, 2.45) is 0 Å². The highest BCUT2D eigenvalue weighted by atomic mass is 35.5. The number of Topliss-reactive ketones (excluding diaryl/α,β-unsaturated/α-hetero) is 1. The number of carbonyl (C=O) groups is 2. The molecule has 3 aromatic rings. The third kappa shape index (κ3) is 3.25. The van der Waals surface area contributed by atoms with E-state index < -0.39 is 17.7 Å². The molecule has 1 atom stereocenters. The van der Waals surface area contributed by atoms with Crippen LogP contribution in [0.1, 0.15) is 22.9 Å². The molecule has 152 valence electrons. The SMILES string of the molecule is COc1ccc(/C(O)=C2/C(=O)C(=O)N(c3cccc(Cl)c3)C2c2ccco2)cc1C. The van der Waals surface area contributed by atoms with Crippen molar-refractivity contribution in [1.29, 1.82) is 0 Å². The summed E-state index contributed by atoms with van der Waals surface area (Å²) in [7, 11) is 1.55. The molecule has 2 aromatic carbocycles. The minimum atomic E-state index is -0.930. The van der Waals surface area contributed by atoms with Gasteiger partial charge in [0.05, 0.1) is 18.9 Å². The van der Waals surface area contributed by atoms with Crippen molar-refractivity contribution in [3.8, 4) is 5.75 Å². The van der Waals surface area contributed by atoms with Crippen LogP contribution in [-0.2, 0) is 9.59 Å². The van der Waals surface area contributed by atoms with Crippen LogP contribution in [0.3, 0.4) is 0 Å². The van der Waals surface area contributed by atoms with Gasteiger partial charge in [-0.25, -0.2) is 0 Å². The largest absolute Gasteiger partial charge is 0.507 e. The highest BCUT2D eigenvalue weighted by molar-refractivity contribution is 6.51. The number of furan rings is 1. The maximum atomic E-state index is 13.0. The van der Waals surface area contributed by atoms with Gasteiger partial charge in [0.1, 0.15) is 23.3 Å². The Morgan fingerprint density at radius 2 is 1.93 bits per heavy atom. The van der Waals surface area contributed by atoms with E-state index in [4.69, 9.17) is 20.8 Å². The van der Waals surface area contributed by atoms with Crippen LogP contribution < -0.4 is 9.64 Å². The van der Waals surface area contributed by atoms with Gasteiger partial charge in [-0.1, -0.05) is 17.7 Å². The summed E-state index contributed by atoms with van der Waals surface area (Å²) in [5.41, 5.74) is 1.55. The Hall–Kier alpha value is -3.51. The van der Waals surface area contributed by atoms with Gasteiger partial charge >= 0.3 is 0 Å². The number of halogens is 1. The monoisotopic (exact) mass is 423 g/mol. The summed E-state index contributed by atoms with van der Waals surface area (Å²) in [6.45, 7) is 1.82. The van der Waals surface area contributed by atoms with Crippen LogP contribution in [0.5, 0.6) is 5.75 Å². The van der Waals surface area contributed by atoms with Gasteiger partial charge in [0, 0.05) is 16.3 Å². The van der Waals surface area contributed by atoms with Crippen LogP contribution in [-0.4, -0.2) is 23.9 Å². The number of rotatable bonds is 4. The van der Waals surface area contributed by atoms with Gasteiger partial charge in [-0.05, 0) is 61.0 Å². The van der Waals surface area contributed by atoms with E-state index in [9.17, 15) is 14.7 Å². The molecule has 0 spiro atoms. The number of anilines is 1. The van der Waals surface area contributed by atoms with Crippen molar-refractivity contribution in [3.05, 3.63) is 88.3 Å². The van der Waals surface area contributed by atoms with Crippen molar-refractivity contribution in [1.82, 2.24) is 0 Å². The molecule has 1 aliphatic rings. The van der Waals surface area contributed by atoms with Crippen LogP contribution in [0.25, 0.3) is 5.76 Å². The first-order valence-electron chi connectivity index (χ1n) is 9.17. The average Bonchev–Trinajstić information content (AvgIpc) is 3.34. The van der Waals surface area contributed by atoms with Crippen LogP contribution in [0.2, 0.25) is 5.02 Å². The third-order valence-electron chi connectivity index (χ3n) is 5.01. The minimum Gasteiger partial charge on any atom is -0.507 e. The maximum Gasteiger partial charge on any atom is 0.300 e. The number of hydrogen-bond donors (Lipinski definition) is 1. The molecule has 6 nitrogen and oxygen atoms in total. The Balaban J connectivity index is 1.92. The van der Waals surface area contributed by atoms with E-state index in [-0.39, 0.29) is 11.3 Å². The molecule has 0 aliphatic carbocycles. The first-order valence-corrected chi connectivity index (χ1v) is 9.55. The quantitative estimate of drug-likeness (QED) is 0.367. The van der Waals surface area contributed by atoms with E-state index in [0.29, 0.717) is 27.8 Å². The molecular weight excluding hydrogens is 406 g/mol. The lowest BCUT2D eigenvalue weighted by atomic mass is 9.98. The highest BCUT2D eigenvalue weighted by Gasteiger charge is 2.48. The lowest BCUT2D eigenvalue weighted by molar-refractivity contribution is -0.132. The summed E-state index contributed by atoms with van der Waals surface area (Å²) in [5.74, 6) is -0.868. The third-order valence-corrected chi connectivity index (χ3v) is 5.25. The van der Waals surface area contributed by atoms with Gasteiger partial charge in [-0.3, -0.25) is 14.5 Å². The number of amides is 1. The molecule has 30 heavy (non-hydrogen) atoms. The first-order chi connectivity index (χ1) is 14.4. The number of ketones is 1. The minimum absolute atomic E-state index is 0.0560. The topological polar surface area (TPSA) is 80.0 Å². The fraction of sp³-hybridized carbons (Fsp3) is 0.130. The van der Waals surface area contributed by atoms with Gasteiger partial charge in [0.2, 0.25) is 0 Å². The molecule has 0 radical (unpaired) electrons. The van der Waals surface area contributed by atoms with Gasteiger partial charge in [0.15, 0.2) is 0 Å². The predicted molar refractivity (Wildman–Crippen MR) is 113 cm³/mol. The molecule has 1 aliphatic heterocycles. The molecule has 1 amide bonds. The molecular formula is C23H18ClNO5. The number of aryl methyl sites for hydroxylation is 1. The van der Waals surface area contributed by atoms with Gasteiger partial charge < -0.3 is 14.3 Å².